The lowest BCUT2D eigenvalue weighted by molar-refractivity contribution is -0.384. The minimum absolute atomic E-state index is 0.0728. The van der Waals surface area contributed by atoms with Crippen LogP contribution < -0.4 is 0 Å². The maximum Gasteiger partial charge on any atom is 0.269 e. The van der Waals surface area contributed by atoms with Gasteiger partial charge in [-0.25, -0.2) is 0 Å². The number of carbonyl (C=O) groups excluding carboxylic acids is 1. The Morgan fingerprint density at radius 1 is 1.08 bits per heavy atom. The van der Waals surface area contributed by atoms with E-state index in [4.69, 9.17) is 0 Å². The Hall–Kier alpha value is -2.63. The van der Waals surface area contributed by atoms with Gasteiger partial charge < -0.3 is 9.47 Å². The highest BCUT2D eigenvalue weighted by Gasteiger charge is 2.36. The molecule has 0 saturated heterocycles. The van der Waals surface area contributed by atoms with Crippen molar-refractivity contribution in [2.45, 2.75) is 38.3 Å². The second kappa shape index (κ2) is 6.35. The van der Waals surface area contributed by atoms with Crippen LogP contribution in [0.4, 0.5) is 5.69 Å². The first kappa shape index (κ1) is 15.9. The molecule has 0 N–H and O–H groups in total. The van der Waals surface area contributed by atoms with Crippen molar-refractivity contribution in [2.75, 3.05) is 6.54 Å². The fraction of sp³-hybridized carbons (Fsp3) is 0.421. The highest BCUT2D eigenvalue weighted by molar-refractivity contribution is 5.80. The highest BCUT2D eigenvalue weighted by Crippen LogP contribution is 2.36. The maximum atomic E-state index is 13.1. The van der Waals surface area contributed by atoms with Crippen molar-refractivity contribution in [3.05, 3.63) is 64.0 Å². The van der Waals surface area contributed by atoms with Crippen LogP contribution in [0.1, 0.15) is 43.0 Å². The van der Waals surface area contributed by atoms with E-state index < -0.39 is 4.92 Å². The third kappa shape index (κ3) is 2.81. The second-order valence-electron chi connectivity index (χ2n) is 6.89. The fourth-order valence-electron chi connectivity index (χ4n) is 4.16. The van der Waals surface area contributed by atoms with Crippen LogP contribution in [0.3, 0.4) is 0 Å². The van der Waals surface area contributed by atoms with Crippen molar-refractivity contribution in [3.63, 3.8) is 0 Å². The SMILES string of the molecule is O=C(C1CCCC1)N1CCn2cccc2[C@H]1c1ccc([N+](=O)[O-])cc1. The van der Waals surface area contributed by atoms with Crippen LogP contribution >= 0.6 is 0 Å². The number of benzene rings is 1. The number of non-ortho nitro benzene ring substituents is 1. The molecule has 2 heterocycles. The number of amides is 1. The van der Waals surface area contributed by atoms with E-state index in [2.05, 4.69) is 4.57 Å². The quantitative estimate of drug-likeness (QED) is 0.635. The van der Waals surface area contributed by atoms with Gasteiger partial charge in [-0.1, -0.05) is 12.8 Å². The molecule has 0 unspecified atom stereocenters. The molecule has 2 aliphatic rings. The number of rotatable bonds is 3. The molecule has 0 spiro atoms. The van der Waals surface area contributed by atoms with Gasteiger partial charge in [0.25, 0.3) is 5.69 Å². The molecule has 130 valence electrons. The molecular weight excluding hydrogens is 318 g/mol. The normalized spacial score (nSPS) is 20.5. The molecule has 6 heteroatoms. The molecule has 1 saturated carbocycles. The summed E-state index contributed by atoms with van der Waals surface area (Å²) in [5.74, 6) is 0.357. The first-order chi connectivity index (χ1) is 12.1. The van der Waals surface area contributed by atoms with Crippen LogP contribution in [0.25, 0.3) is 0 Å². The van der Waals surface area contributed by atoms with Gasteiger partial charge in [0.2, 0.25) is 5.91 Å². The molecule has 25 heavy (non-hydrogen) atoms. The third-order valence-electron chi connectivity index (χ3n) is 5.45. The van der Waals surface area contributed by atoms with Crippen LogP contribution in [0.5, 0.6) is 0 Å². The predicted molar refractivity (Wildman–Crippen MR) is 93.0 cm³/mol. The number of hydrogen-bond donors (Lipinski definition) is 0. The van der Waals surface area contributed by atoms with Gasteiger partial charge in [0.15, 0.2) is 0 Å². The van der Waals surface area contributed by atoms with Gasteiger partial charge in [-0.05, 0) is 42.7 Å². The molecule has 1 aromatic carbocycles. The Kier molecular flexibility index (Phi) is 4.03. The van der Waals surface area contributed by atoms with Gasteiger partial charge in [0.05, 0.1) is 11.0 Å². The van der Waals surface area contributed by atoms with Gasteiger partial charge in [-0.3, -0.25) is 14.9 Å². The number of nitro groups is 1. The minimum atomic E-state index is -0.394. The Morgan fingerprint density at radius 3 is 2.48 bits per heavy atom. The van der Waals surface area contributed by atoms with Crippen molar-refractivity contribution >= 4 is 11.6 Å². The number of aromatic nitrogens is 1. The van der Waals surface area contributed by atoms with Crippen LogP contribution in [-0.2, 0) is 11.3 Å². The smallest absolute Gasteiger partial charge is 0.269 e. The summed E-state index contributed by atoms with van der Waals surface area (Å²) in [5, 5.41) is 10.9. The Bertz CT molecular complexity index is 791. The van der Waals surface area contributed by atoms with E-state index in [1.54, 1.807) is 12.1 Å². The van der Waals surface area contributed by atoms with Crippen LogP contribution in [0, 0.1) is 16.0 Å². The van der Waals surface area contributed by atoms with Crippen molar-refractivity contribution in [1.82, 2.24) is 9.47 Å². The second-order valence-corrected chi connectivity index (χ2v) is 6.89. The van der Waals surface area contributed by atoms with Crippen LogP contribution in [-0.4, -0.2) is 26.8 Å². The van der Waals surface area contributed by atoms with Gasteiger partial charge in [-0.15, -0.1) is 0 Å². The average Bonchev–Trinajstić information content (AvgIpc) is 3.31. The monoisotopic (exact) mass is 339 g/mol. The van der Waals surface area contributed by atoms with E-state index in [1.807, 2.05) is 23.2 Å². The molecule has 0 radical (unpaired) electrons. The fourth-order valence-corrected chi connectivity index (χ4v) is 4.16. The Morgan fingerprint density at radius 2 is 1.80 bits per heavy atom. The molecule has 1 aromatic heterocycles. The van der Waals surface area contributed by atoms with Gasteiger partial charge in [-0.2, -0.15) is 0 Å². The van der Waals surface area contributed by atoms with Gasteiger partial charge in [0.1, 0.15) is 0 Å². The third-order valence-corrected chi connectivity index (χ3v) is 5.45. The highest BCUT2D eigenvalue weighted by atomic mass is 16.6. The van der Waals surface area contributed by atoms with Gasteiger partial charge >= 0.3 is 0 Å². The summed E-state index contributed by atoms with van der Waals surface area (Å²) in [5.41, 5.74) is 2.08. The van der Waals surface area contributed by atoms with E-state index in [-0.39, 0.29) is 23.6 Å². The number of fused-ring (bicyclic) bond motifs is 1. The molecular formula is C19H21N3O3. The topological polar surface area (TPSA) is 68.4 Å². The van der Waals surface area contributed by atoms with E-state index in [0.717, 1.165) is 43.5 Å². The summed E-state index contributed by atoms with van der Waals surface area (Å²) < 4.78 is 2.17. The molecule has 1 aliphatic carbocycles. The largest absolute Gasteiger partial charge is 0.348 e. The van der Waals surface area contributed by atoms with E-state index in [9.17, 15) is 14.9 Å². The summed E-state index contributed by atoms with van der Waals surface area (Å²) in [6, 6.07) is 10.5. The van der Waals surface area contributed by atoms with Crippen molar-refractivity contribution in [3.8, 4) is 0 Å². The summed E-state index contributed by atoms with van der Waals surface area (Å²) in [4.78, 5) is 25.6. The van der Waals surface area contributed by atoms with Crippen molar-refractivity contribution < 1.29 is 9.72 Å². The molecule has 4 rings (SSSR count). The molecule has 1 amide bonds. The number of carbonyl (C=O) groups is 1. The molecule has 2 aromatic rings. The summed E-state index contributed by atoms with van der Waals surface area (Å²) in [6.45, 7) is 1.48. The van der Waals surface area contributed by atoms with E-state index in [1.165, 1.54) is 12.1 Å². The zero-order valence-corrected chi connectivity index (χ0v) is 14.0. The standard InChI is InChI=1S/C19H21N3O3/c23-19(15-4-1-2-5-15)21-13-12-20-11-3-6-17(20)18(21)14-7-9-16(10-8-14)22(24)25/h3,6-11,15,18H,1-2,4-5,12-13H2/t18-/m1/s1. The van der Waals surface area contributed by atoms with Crippen molar-refractivity contribution in [1.29, 1.82) is 0 Å². The molecule has 1 aliphatic heterocycles. The summed E-state index contributed by atoms with van der Waals surface area (Å²) in [6.07, 6.45) is 6.24. The van der Waals surface area contributed by atoms with Crippen LogP contribution in [0.2, 0.25) is 0 Å². The Labute approximate surface area is 146 Å². The maximum absolute atomic E-state index is 13.1. The van der Waals surface area contributed by atoms with Crippen molar-refractivity contribution in [2.24, 2.45) is 5.92 Å². The minimum Gasteiger partial charge on any atom is -0.348 e. The van der Waals surface area contributed by atoms with Gasteiger partial charge in [0, 0.05) is 43.0 Å². The lowest BCUT2D eigenvalue weighted by Gasteiger charge is -2.38. The molecule has 0 bridgehead atoms. The lowest BCUT2D eigenvalue weighted by Crippen LogP contribution is -2.44. The zero-order chi connectivity index (χ0) is 17.4. The first-order valence-electron chi connectivity index (χ1n) is 8.85. The first-order valence-corrected chi connectivity index (χ1v) is 8.85. The number of nitro benzene ring substituents is 1. The summed E-state index contributed by atoms with van der Waals surface area (Å²) >= 11 is 0. The number of hydrogen-bond acceptors (Lipinski definition) is 3. The predicted octanol–water partition coefficient (Wildman–Crippen LogP) is 3.52. The molecule has 6 nitrogen and oxygen atoms in total. The zero-order valence-electron chi connectivity index (χ0n) is 14.0. The number of nitrogens with zero attached hydrogens (tertiary/aromatic N) is 3. The molecule has 1 atom stereocenters. The Balaban J connectivity index is 1.71. The van der Waals surface area contributed by atoms with Crippen LogP contribution in [0.15, 0.2) is 42.6 Å². The van der Waals surface area contributed by atoms with E-state index in [0.29, 0.717) is 6.54 Å². The molecule has 1 fully saturated rings. The summed E-state index contributed by atoms with van der Waals surface area (Å²) in [7, 11) is 0. The average molecular weight is 339 g/mol. The lowest BCUT2D eigenvalue weighted by atomic mass is 9.97. The van der Waals surface area contributed by atoms with E-state index >= 15 is 0 Å².